The van der Waals surface area contributed by atoms with Crippen LogP contribution in [0.3, 0.4) is 0 Å². The van der Waals surface area contributed by atoms with E-state index in [-0.39, 0.29) is 16.5 Å². The van der Waals surface area contributed by atoms with Crippen molar-refractivity contribution in [3.63, 3.8) is 0 Å². The van der Waals surface area contributed by atoms with Crippen LogP contribution in [-0.4, -0.2) is 35.7 Å². The van der Waals surface area contributed by atoms with E-state index in [4.69, 9.17) is 0 Å². The fraction of sp³-hybridized carbons (Fsp3) is 0.150. The topological polar surface area (TPSA) is 92.3 Å². The van der Waals surface area contributed by atoms with Crippen LogP contribution >= 0.6 is 0 Å². The maximum Gasteiger partial charge on any atom is 0.261 e. The summed E-state index contributed by atoms with van der Waals surface area (Å²) in [5.74, 6) is -0.863. The smallest absolute Gasteiger partial charge is 0.261 e. The van der Waals surface area contributed by atoms with E-state index in [1.807, 2.05) is 0 Å². The lowest BCUT2D eigenvalue weighted by Gasteiger charge is -2.28. The lowest BCUT2D eigenvalue weighted by molar-refractivity contribution is 0.0733. The third-order valence-corrected chi connectivity index (χ3v) is 6.00. The summed E-state index contributed by atoms with van der Waals surface area (Å²) in [6.45, 7) is 0.913. The van der Waals surface area contributed by atoms with E-state index in [0.717, 1.165) is 17.3 Å². The van der Waals surface area contributed by atoms with Gasteiger partial charge >= 0.3 is 0 Å². The van der Waals surface area contributed by atoms with Gasteiger partial charge in [-0.25, -0.2) is 22.8 Å². The first-order chi connectivity index (χ1) is 13.9. The van der Waals surface area contributed by atoms with Crippen molar-refractivity contribution in [1.82, 2.24) is 14.9 Å². The molecule has 7 nitrogen and oxygen atoms in total. The third kappa shape index (κ3) is 4.09. The predicted molar refractivity (Wildman–Crippen MR) is 104 cm³/mol. The second-order valence-corrected chi connectivity index (χ2v) is 8.30. The van der Waals surface area contributed by atoms with E-state index in [1.54, 1.807) is 23.2 Å². The van der Waals surface area contributed by atoms with Crippen molar-refractivity contribution < 1.29 is 17.6 Å². The molecule has 0 saturated carbocycles. The molecule has 1 aromatic heterocycles. The Kier molecular flexibility index (Phi) is 4.98. The molecule has 3 aromatic rings. The zero-order valence-electron chi connectivity index (χ0n) is 15.2. The van der Waals surface area contributed by atoms with Crippen molar-refractivity contribution >= 4 is 21.6 Å². The Hall–Kier alpha value is -3.33. The molecule has 0 atom stereocenters. The van der Waals surface area contributed by atoms with Gasteiger partial charge in [-0.1, -0.05) is 12.1 Å². The Morgan fingerprint density at radius 1 is 1.14 bits per heavy atom. The highest BCUT2D eigenvalue weighted by molar-refractivity contribution is 7.92. The van der Waals surface area contributed by atoms with Crippen molar-refractivity contribution in [1.29, 1.82) is 0 Å². The summed E-state index contributed by atoms with van der Waals surface area (Å²) in [6, 6.07) is 10.9. The van der Waals surface area contributed by atoms with Gasteiger partial charge in [-0.2, -0.15) is 0 Å². The van der Waals surface area contributed by atoms with Crippen molar-refractivity contribution in [3.8, 4) is 0 Å². The van der Waals surface area contributed by atoms with Gasteiger partial charge in [0, 0.05) is 42.5 Å². The van der Waals surface area contributed by atoms with Gasteiger partial charge in [0.1, 0.15) is 12.1 Å². The Bertz CT molecular complexity index is 1180. The molecule has 0 saturated heterocycles. The Morgan fingerprint density at radius 3 is 2.79 bits per heavy atom. The fourth-order valence-electron chi connectivity index (χ4n) is 3.19. The first kappa shape index (κ1) is 19.0. The number of benzene rings is 2. The standard InChI is InChI=1S/C20H17FN4O3S/c21-16-4-2-6-18(10-16)29(27,28)24-17-5-1-3-14(9-17)20(26)25-8-7-19-15(12-25)11-22-13-23-19/h1-6,9-11,13,24H,7-8,12H2. The molecule has 1 amide bonds. The number of hydrogen-bond acceptors (Lipinski definition) is 5. The number of anilines is 1. The predicted octanol–water partition coefficient (Wildman–Crippen LogP) is 2.62. The van der Waals surface area contributed by atoms with E-state index in [0.29, 0.717) is 25.1 Å². The molecular weight excluding hydrogens is 395 g/mol. The monoisotopic (exact) mass is 412 g/mol. The first-order valence-electron chi connectivity index (χ1n) is 8.88. The van der Waals surface area contributed by atoms with Crippen LogP contribution in [0.5, 0.6) is 0 Å². The molecule has 1 aliphatic rings. The van der Waals surface area contributed by atoms with Crippen LogP contribution in [0.4, 0.5) is 10.1 Å². The van der Waals surface area contributed by atoms with E-state index in [9.17, 15) is 17.6 Å². The molecule has 1 N–H and O–H groups in total. The molecular formula is C20H17FN4O3S. The van der Waals surface area contributed by atoms with Gasteiger partial charge in [0.25, 0.3) is 15.9 Å². The molecule has 0 aliphatic carbocycles. The second-order valence-electron chi connectivity index (χ2n) is 6.62. The molecule has 29 heavy (non-hydrogen) atoms. The van der Waals surface area contributed by atoms with Gasteiger partial charge in [-0.05, 0) is 36.4 Å². The van der Waals surface area contributed by atoms with Gasteiger partial charge in [-0.15, -0.1) is 0 Å². The number of rotatable bonds is 4. The highest BCUT2D eigenvalue weighted by Gasteiger charge is 2.23. The number of hydrogen-bond donors (Lipinski definition) is 1. The molecule has 148 valence electrons. The fourth-order valence-corrected chi connectivity index (χ4v) is 4.27. The van der Waals surface area contributed by atoms with E-state index in [2.05, 4.69) is 14.7 Å². The number of carbonyl (C=O) groups is 1. The van der Waals surface area contributed by atoms with E-state index in [1.165, 1.54) is 36.7 Å². The highest BCUT2D eigenvalue weighted by Crippen LogP contribution is 2.21. The van der Waals surface area contributed by atoms with Crippen LogP contribution in [-0.2, 0) is 23.0 Å². The number of sulfonamides is 1. The summed E-state index contributed by atoms with van der Waals surface area (Å²) in [5, 5.41) is 0. The summed E-state index contributed by atoms with van der Waals surface area (Å²) in [6.07, 6.45) is 3.82. The van der Waals surface area contributed by atoms with Gasteiger partial charge in [-0.3, -0.25) is 9.52 Å². The number of carbonyl (C=O) groups excluding carboxylic acids is 1. The van der Waals surface area contributed by atoms with Gasteiger partial charge in [0.05, 0.1) is 10.6 Å². The third-order valence-electron chi connectivity index (χ3n) is 4.62. The average molecular weight is 412 g/mol. The van der Waals surface area contributed by atoms with Crippen molar-refractivity contribution in [3.05, 3.63) is 83.7 Å². The Balaban J connectivity index is 1.54. The largest absolute Gasteiger partial charge is 0.334 e. The molecule has 0 unspecified atom stereocenters. The molecule has 2 heterocycles. The minimum atomic E-state index is -3.97. The summed E-state index contributed by atoms with van der Waals surface area (Å²) in [7, 11) is -3.97. The summed E-state index contributed by atoms with van der Waals surface area (Å²) < 4.78 is 40.7. The molecule has 2 aromatic carbocycles. The molecule has 4 rings (SSSR count). The number of fused-ring (bicyclic) bond motifs is 1. The van der Waals surface area contributed by atoms with Crippen LogP contribution in [0.25, 0.3) is 0 Å². The number of aromatic nitrogens is 2. The molecule has 0 spiro atoms. The van der Waals surface area contributed by atoms with Gasteiger partial charge in [0.2, 0.25) is 0 Å². The van der Waals surface area contributed by atoms with Crippen molar-refractivity contribution in [2.45, 2.75) is 17.9 Å². The van der Waals surface area contributed by atoms with Crippen LogP contribution in [0.15, 0.2) is 66.0 Å². The number of halogens is 1. The Labute approximate surface area is 167 Å². The zero-order valence-corrected chi connectivity index (χ0v) is 16.1. The summed E-state index contributed by atoms with van der Waals surface area (Å²) >= 11 is 0. The minimum absolute atomic E-state index is 0.193. The molecule has 9 heteroatoms. The van der Waals surface area contributed by atoms with E-state index >= 15 is 0 Å². The van der Waals surface area contributed by atoms with E-state index < -0.39 is 15.8 Å². The lowest BCUT2D eigenvalue weighted by atomic mass is 10.1. The summed E-state index contributed by atoms with van der Waals surface area (Å²) in [4.78, 5) is 22.6. The first-order valence-corrected chi connectivity index (χ1v) is 10.4. The molecule has 0 fully saturated rings. The quantitative estimate of drug-likeness (QED) is 0.711. The molecule has 0 bridgehead atoms. The lowest BCUT2D eigenvalue weighted by Crippen LogP contribution is -2.36. The number of nitrogens with one attached hydrogen (secondary N) is 1. The van der Waals surface area contributed by atoms with Crippen LogP contribution in [0, 0.1) is 5.82 Å². The average Bonchev–Trinajstić information content (AvgIpc) is 2.73. The van der Waals surface area contributed by atoms with Gasteiger partial charge in [0.15, 0.2) is 0 Å². The number of amides is 1. The van der Waals surface area contributed by atoms with Crippen LogP contribution < -0.4 is 4.72 Å². The van der Waals surface area contributed by atoms with Crippen molar-refractivity contribution in [2.24, 2.45) is 0 Å². The minimum Gasteiger partial charge on any atom is -0.334 e. The van der Waals surface area contributed by atoms with Crippen LogP contribution in [0.1, 0.15) is 21.6 Å². The molecule has 1 aliphatic heterocycles. The Morgan fingerprint density at radius 2 is 1.97 bits per heavy atom. The van der Waals surface area contributed by atoms with Gasteiger partial charge < -0.3 is 4.90 Å². The maximum atomic E-state index is 13.4. The molecule has 0 radical (unpaired) electrons. The number of nitrogens with zero attached hydrogens (tertiary/aromatic N) is 3. The normalized spacial score (nSPS) is 13.6. The van der Waals surface area contributed by atoms with Crippen LogP contribution in [0.2, 0.25) is 0 Å². The SMILES string of the molecule is O=C(c1cccc(NS(=O)(=O)c2cccc(F)c2)c1)N1CCc2ncncc2C1. The van der Waals surface area contributed by atoms with Crippen molar-refractivity contribution in [2.75, 3.05) is 11.3 Å². The highest BCUT2D eigenvalue weighted by atomic mass is 32.2. The maximum absolute atomic E-state index is 13.4. The second kappa shape index (κ2) is 7.59. The zero-order chi connectivity index (χ0) is 20.4. The summed E-state index contributed by atoms with van der Waals surface area (Å²) in [5.41, 5.74) is 2.40.